The third kappa shape index (κ3) is 3.61. The Morgan fingerprint density at radius 2 is 2.14 bits per heavy atom. The van der Waals surface area contributed by atoms with Crippen molar-refractivity contribution in [1.29, 1.82) is 0 Å². The predicted octanol–water partition coefficient (Wildman–Crippen LogP) is 2.32. The molecule has 2 aliphatic heterocycles. The van der Waals surface area contributed by atoms with E-state index in [1.54, 1.807) is 6.92 Å². The first-order valence-corrected chi connectivity index (χ1v) is 7.70. The van der Waals surface area contributed by atoms with Crippen LogP contribution in [0, 0.1) is 5.41 Å². The van der Waals surface area contributed by atoms with Gasteiger partial charge in [-0.15, -0.1) is 0 Å². The average Bonchev–Trinajstić information content (AvgIpc) is 2.94. The topological polar surface area (TPSA) is 71.1 Å². The zero-order valence-electron chi connectivity index (χ0n) is 13.6. The van der Waals surface area contributed by atoms with Crippen LogP contribution in [0.4, 0.5) is 0 Å². The van der Waals surface area contributed by atoms with Crippen molar-refractivity contribution in [3.8, 4) is 0 Å². The van der Waals surface area contributed by atoms with Crippen LogP contribution in [0.5, 0.6) is 0 Å². The van der Waals surface area contributed by atoms with Crippen molar-refractivity contribution in [2.75, 3.05) is 13.2 Å². The summed E-state index contributed by atoms with van der Waals surface area (Å²) in [5, 5.41) is 0. The third-order valence-electron chi connectivity index (χ3n) is 3.89. The summed E-state index contributed by atoms with van der Waals surface area (Å²) in [6.07, 6.45) is 1.00. The smallest absolute Gasteiger partial charge is 0.348 e. The van der Waals surface area contributed by atoms with Crippen LogP contribution in [0.25, 0.3) is 0 Å². The van der Waals surface area contributed by atoms with Crippen LogP contribution < -0.4 is 0 Å². The van der Waals surface area contributed by atoms with Crippen LogP contribution in [-0.2, 0) is 28.5 Å². The van der Waals surface area contributed by atoms with Crippen molar-refractivity contribution in [2.45, 2.75) is 59.4 Å². The molecule has 2 aliphatic rings. The molecule has 1 fully saturated rings. The first kappa shape index (κ1) is 16.8. The maximum atomic E-state index is 12.3. The molecule has 6 heteroatoms. The number of hydrogen-bond donors (Lipinski definition) is 0. The minimum Gasteiger partial charge on any atom is -0.469 e. The van der Waals surface area contributed by atoms with Crippen LogP contribution in [0.15, 0.2) is 11.3 Å². The van der Waals surface area contributed by atoms with Gasteiger partial charge in [0.1, 0.15) is 12.4 Å². The fourth-order valence-electron chi connectivity index (χ4n) is 2.41. The largest absolute Gasteiger partial charge is 0.469 e. The number of allylic oxidation sites excluding steroid dienone is 1. The molecule has 0 aromatic heterocycles. The van der Waals surface area contributed by atoms with Crippen LogP contribution in [0.3, 0.4) is 0 Å². The monoisotopic (exact) mass is 312 g/mol. The van der Waals surface area contributed by atoms with Gasteiger partial charge in [-0.3, -0.25) is 0 Å². The molecule has 0 N–H and O–H groups in total. The number of esters is 2. The van der Waals surface area contributed by atoms with Crippen molar-refractivity contribution >= 4 is 11.9 Å². The fourth-order valence-corrected chi connectivity index (χ4v) is 2.41. The molecule has 0 spiro atoms. The molecule has 2 atom stereocenters. The summed E-state index contributed by atoms with van der Waals surface area (Å²) in [4.78, 5) is 24.0. The number of carbonyl (C=O) groups is 2. The van der Waals surface area contributed by atoms with Gasteiger partial charge in [-0.1, -0.05) is 27.2 Å². The number of ether oxygens (including phenoxy) is 4. The first-order chi connectivity index (χ1) is 10.3. The second-order valence-corrected chi connectivity index (χ2v) is 6.39. The summed E-state index contributed by atoms with van der Waals surface area (Å²) >= 11 is 0. The Kier molecular flexibility index (Phi) is 5.11. The molecule has 6 nitrogen and oxygen atoms in total. The van der Waals surface area contributed by atoms with Gasteiger partial charge in [0, 0.05) is 11.8 Å². The highest BCUT2D eigenvalue weighted by atomic mass is 16.7. The van der Waals surface area contributed by atoms with Crippen molar-refractivity contribution in [3.63, 3.8) is 0 Å². The van der Waals surface area contributed by atoms with Gasteiger partial charge in [0.05, 0.1) is 12.2 Å². The summed E-state index contributed by atoms with van der Waals surface area (Å²) in [6, 6.07) is 0. The summed E-state index contributed by atoms with van der Waals surface area (Å²) in [6.45, 7) is 8.29. The normalized spacial score (nSPS) is 26.8. The van der Waals surface area contributed by atoms with E-state index in [2.05, 4.69) is 6.92 Å². The molecule has 1 saturated heterocycles. The number of rotatable bonds is 6. The van der Waals surface area contributed by atoms with E-state index >= 15 is 0 Å². The van der Waals surface area contributed by atoms with E-state index in [-0.39, 0.29) is 6.61 Å². The van der Waals surface area contributed by atoms with Gasteiger partial charge in [0.15, 0.2) is 0 Å². The van der Waals surface area contributed by atoms with E-state index in [0.29, 0.717) is 24.4 Å². The molecule has 0 aromatic carbocycles. The van der Waals surface area contributed by atoms with Crippen molar-refractivity contribution in [3.05, 3.63) is 11.3 Å². The van der Waals surface area contributed by atoms with Crippen molar-refractivity contribution in [1.82, 2.24) is 0 Å². The highest BCUT2D eigenvalue weighted by Gasteiger charge is 2.47. The summed E-state index contributed by atoms with van der Waals surface area (Å²) in [5.74, 6) is -0.530. The van der Waals surface area contributed by atoms with Gasteiger partial charge in [-0.2, -0.15) is 0 Å². The van der Waals surface area contributed by atoms with Gasteiger partial charge in [0.2, 0.25) is 12.4 Å². The standard InChI is InChI=1S/C16H24O6/c1-5-6-7-19-12-8-11(10(2)21-12)14(17)22-13-15(18)20-9-16(13,3)4/h12-13H,5-9H2,1-4H3/t12-,13+/m1/s1. The Labute approximate surface area is 130 Å². The Balaban J connectivity index is 1.92. The van der Waals surface area contributed by atoms with Gasteiger partial charge >= 0.3 is 11.9 Å². The Bertz CT molecular complexity index is 479. The van der Waals surface area contributed by atoms with Crippen LogP contribution in [0.1, 0.15) is 47.0 Å². The SMILES string of the molecule is CCCCO[C@H]1CC(C(=O)O[C@H]2C(=O)OCC2(C)C)=C(C)O1. The number of carbonyl (C=O) groups excluding carboxylic acids is 2. The second kappa shape index (κ2) is 6.69. The Morgan fingerprint density at radius 3 is 2.73 bits per heavy atom. The summed E-state index contributed by atoms with van der Waals surface area (Å²) in [7, 11) is 0. The molecule has 0 amide bonds. The number of cyclic esters (lactones) is 1. The molecular formula is C16H24O6. The van der Waals surface area contributed by atoms with Crippen LogP contribution >= 0.6 is 0 Å². The molecule has 0 bridgehead atoms. The molecule has 2 rings (SSSR count). The van der Waals surface area contributed by atoms with Crippen LogP contribution in [-0.4, -0.2) is 37.5 Å². The second-order valence-electron chi connectivity index (χ2n) is 6.39. The minimum atomic E-state index is -0.875. The quantitative estimate of drug-likeness (QED) is 0.554. The average molecular weight is 312 g/mol. The zero-order valence-corrected chi connectivity index (χ0v) is 13.6. The summed E-state index contributed by atoms with van der Waals surface area (Å²) in [5.41, 5.74) is -0.0884. The van der Waals surface area contributed by atoms with E-state index in [0.717, 1.165) is 12.8 Å². The lowest BCUT2D eigenvalue weighted by Gasteiger charge is -2.21. The zero-order chi connectivity index (χ0) is 16.3. The van der Waals surface area contributed by atoms with Gasteiger partial charge in [0.25, 0.3) is 0 Å². The van der Waals surface area contributed by atoms with E-state index < -0.39 is 29.7 Å². The minimum absolute atomic E-state index is 0.251. The fraction of sp³-hybridized carbons (Fsp3) is 0.750. The van der Waals surface area contributed by atoms with E-state index in [1.807, 2.05) is 13.8 Å². The summed E-state index contributed by atoms with van der Waals surface area (Å²) < 4.78 is 21.4. The van der Waals surface area contributed by atoms with E-state index in [4.69, 9.17) is 18.9 Å². The first-order valence-electron chi connectivity index (χ1n) is 7.70. The Hall–Kier alpha value is -1.56. The molecule has 2 heterocycles. The number of unbranched alkanes of at least 4 members (excludes halogenated alkanes) is 1. The maximum Gasteiger partial charge on any atom is 0.348 e. The third-order valence-corrected chi connectivity index (χ3v) is 3.89. The van der Waals surface area contributed by atoms with Gasteiger partial charge < -0.3 is 18.9 Å². The lowest BCUT2D eigenvalue weighted by molar-refractivity contribution is -0.160. The molecule has 0 unspecified atom stereocenters. The highest BCUT2D eigenvalue weighted by molar-refractivity contribution is 5.92. The van der Waals surface area contributed by atoms with Crippen molar-refractivity contribution in [2.24, 2.45) is 5.41 Å². The lowest BCUT2D eigenvalue weighted by atomic mass is 9.90. The molecule has 124 valence electrons. The number of hydrogen-bond acceptors (Lipinski definition) is 6. The maximum absolute atomic E-state index is 12.3. The van der Waals surface area contributed by atoms with Gasteiger partial charge in [-0.05, 0) is 13.3 Å². The molecule has 0 aromatic rings. The van der Waals surface area contributed by atoms with Gasteiger partial charge in [-0.25, -0.2) is 9.59 Å². The predicted molar refractivity (Wildman–Crippen MR) is 77.7 cm³/mol. The Morgan fingerprint density at radius 1 is 1.41 bits per heavy atom. The molecule has 0 saturated carbocycles. The molecule has 22 heavy (non-hydrogen) atoms. The van der Waals surface area contributed by atoms with E-state index in [1.165, 1.54) is 0 Å². The molecule has 0 aliphatic carbocycles. The van der Waals surface area contributed by atoms with Crippen LogP contribution in [0.2, 0.25) is 0 Å². The lowest BCUT2D eigenvalue weighted by Crippen LogP contribution is -2.35. The molecular weight excluding hydrogens is 288 g/mol. The highest BCUT2D eigenvalue weighted by Crippen LogP contribution is 2.33. The molecule has 0 radical (unpaired) electrons. The van der Waals surface area contributed by atoms with E-state index in [9.17, 15) is 9.59 Å². The van der Waals surface area contributed by atoms with Crippen molar-refractivity contribution < 1.29 is 28.5 Å².